The van der Waals surface area contributed by atoms with E-state index in [-0.39, 0.29) is 0 Å². The Morgan fingerprint density at radius 1 is 1.38 bits per heavy atom. The molecule has 0 unspecified atom stereocenters. The second-order valence-corrected chi connectivity index (χ2v) is 7.71. The van der Waals surface area contributed by atoms with Gasteiger partial charge in [0.2, 0.25) is 0 Å². The molecule has 0 N–H and O–H groups in total. The summed E-state index contributed by atoms with van der Waals surface area (Å²) in [6.07, 6.45) is 4.36. The van der Waals surface area contributed by atoms with Crippen LogP contribution in [0.15, 0.2) is 6.07 Å². The van der Waals surface area contributed by atoms with Crippen molar-refractivity contribution < 1.29 is 4.21 Å². The Labute approximate surface area is 98.3 Å². The molecule has 0 atom stereocenters. The predicted octanol–water partition coefficient (Wildman–Crippen LogP) is 1.68. The lowest BCUT2D eigenvalue weighted by Gasteiger charge is -2.06. The first-order valence-corrected chi connectivity index (χ1v) is 7.83. The number of aryl methyl sites for hydroxylation is 1. The van der Waals surface area contributed by atoms with Crippen LogP contribution in [0.1, 0.15) is 31.1 Å². The fraction of sp³-hybridized carbons (Fsp3) is 0.583. The quantitative estimate of drug-likeness (QED) is 0.755. The van der Waals surface area contributed by atoms with Crippen molar-refractivity contribution in [2.45, 2.75) is 27.2 Å². The van der Waals surface area contributed by atoms with E-state index in [2.05, 4.69) is 23.8 Å². The zero-order chi connectivity index (χ0) is 12.3. The minimum absolute atomic E-state index is 0.565. The Bertz CT molecular complexity index is 478. The summed E-state index contributed by atoms with van der Waals surface area (Å²) in [4.78, 5) is 8.66. The lowest BCUT2D eigenvalue weighted by Crippen LogP contribution is -2.06. The summed E-state index contributed by atoms with van der Waals surface area (Å²) >= 11 is 0. The Morgan fingerprint density at radius 3 is 2.50 bits per heavy atom. The van der Waals surface area contributed by atoms with Crippen LogP contribution < -0.4 is 0 Å². The highest BCUT2D eigenvalue weighted by Crippen LogP contribution is 2.07. The lowest BCUT2D eigenvalue weighted by molar-refractivity contribution is 0.632. The Kier molecular flexibility index (Phi) is 4.08. The highest BCUT2D eigenvalue weighted by Gasteiger charge is 2.03. The van der Waals surface area contributed by atoms with Gasteiger partial charge in [-0.1, -0.05) is 13.8 Å². The normalized spacial score (nSPS) is 11.9. The van der Waals surface area contributed by atoms with Crippen LogP contribution in [0.2, 0.25) is 0 Å². The number of hydrogen-bond donors (Lipinski definition) is 0. The van der Waals surface area contributed by atoms with Crippen LogP contribution in [0.4, 0.5) is 0 Å². The summed E-state index contributed by atoms with van der Waals surface area (Å²) < 4.78 is 11.7. The van der Waals surface area contributed by atoms with E-state index in [9.17, 15) is 4.21 Å². The van der Waals surface area contributed by atoms with Crippen LogP contribution in [-0.2, 0) is 15.9 Å². The van der Waals surface area contributed by atoms with Crippen molar-refractivity contribution in [3.63, 3.8) is 0 Å². The molecule has 0 aliphatic heterocycles. The van der Waals surface area contributed by atoms with E-state index in [0.717, 1.165) is 23.6 Å². The van der Waals surface area contributed by atoms with E-state index in [1.807, 2.05) is 13.0 Å². The van der Waals surface area contributed by atoms with Gasteiger partial charge in [-0.05, 0) is 34.9 Å². The van der Waals surface area contributed by atoms with E-state index >= 15 is 0 Å². The molecule has 0 spiro atoms. The highest BCUT2D eigenvalue weighted by atomic mass is 32.2. The van der Waals surface area contributed by atoms with E-state index < -0.39 is 9.52 Å². The van der Waals surface area contributed by atoms with Gasteiger partial charge in [-0.15, -0.1) is 0 Å². The number of hydrogen-bond acceptors (Lipinski definition) is 3. The maximum Gasteiger partial charge on any atom is 0.126 e. The zero-order valence-corrected chi connectivity index (χ0v) is 11.5. The van der Waals surface area contributed by atoms with Gasteiger partial charge in [-0.3, -0.25) is 4.21 Å². The largest absolute Gasteiger partial charge is 0.268 e. The Hall–Kier alpha value is -0.900. The summed E-state index contributed by atoms with van der Waals surface area (Å²) in [6.45, 7) is 6.18. The molecule has 0 saturated heterocycles. The molecule has 16 heavy (non-hydrogen) atoms. The third-order valence-electron chi connectivity index (χ3n) is 1.93. The lowest BCUT2D eigenvalue weighted by atomic mass is 10.1. The van der Waals surface area contributed by atoms with E-state index in [4.69, 9.17) is 0 Å². The second kappa shape index (κ2) is 4.95. The number of rotatable bonds is 3. The van der Waals surface area contributed by atoms with Crippen molar-refractivity contribution in [2.75, 3.05) is 12.5 Å². The minimum Gasteiger partial charge on any atom is -0.268 e. The fourth-order valence-electron chi connectivity index (χ4n) is 1.53. The van der Waals surface area contributed by atoms with Crippen molar-refractivity contribution >= 4 is 14.9 Å². The first-order chi connectivity index (χ1) is 7.26. The van der Waals surface area contributed by atoms with E-state index in [0.29, 0.717) is 5.92 Å². The molecule has 0 aliphatic rings. The van der Waals surface area contributed by atoms with Crippen LogP contribution >= 0.6 is 0 Å². The van der Waals surface area contributed by atoms with Gasteiger partial charge in [0.05, 0.1) is 5.69 Å². The first kappa shape index (κ1) is 13.2. The van der Waals surface area contributed by atoms with Gasteiger partial charge >= 0.3 is 0 Å². The smallest absolute Gasteiger partial charge is 0.126 e. The van der Waals surface area contributed by atoms with Crippen LogP contribution in [-0.4, -0.2) is 32.1 Å². The van der Waals surface area contributed by atoms with Gasteiger partial charge in [0.15, 0.2) is 0 Å². The third kappa shape index (κ3) is 4.75. The SMILES string of the molecule is Cc1nc(C=S(C)(C)=O)cc(CC(C)C)n1. The van der Waals surface area contributed by atoms with Gasteiger partial charge in [-0.25, -0.2) is 9.97 Å². The molecule has 0 fully saturated rings. The molecule has 0 amide bonds. The summed E-state index contributed by atoms with van der Waals surface area (Å²) in [5.41, 5.74) is 1.80. The summed E-state index contributed by atoms with van der Waals surface area (Å²) in [5.74, 6) is 1.31. The van der Waals surface area contributed by atoms with Crippen molar-refractivity contribution in [1.29, 1.82) is 0 Å². The molecule has 0 saturated carbocycles. The van der Waals surface area contributed by atoms with Gasteiger partial charge in [-0.2, -0.15) is 0 Å². The van der Waals surface area contributed by atoms with E-state index in [1.165, 1.54) is 0 Å². The Balaban J connectivity index is 3.13. The van der Waals surface area contributed by atoms with Gasteiger partial charge in [0, 0.05) is 23.6 Å². The highest BCUT2D eigenvalue weighted by molar-refractivity contribution is 8.00. The maximum atomic E-state index is 11.7. The summed E-state index contributed by atoms with van der Waals surface area (Å²) in [7, 11) is -1.90. The monoisotopic (exact) mass is 240 g/mol. The summed E-state index contributed by atoms with van der Waals surface area (Å²) in [6, 6.07) is 1.93. The molecular formula is C12H20N2OS. The number of nitrogens with zero attached hydrogens (tertiary/aromatic N) is 2. The third-order valence-corrected chi connectivity index (χ3v) is 2.74. The molecule has 4 heteroatoms. The molecule has 1 aromatic heterocycles. The van der Waals surface area contributed by atoms with Gasteiger partial charge in [0.25, 0.3) is 0 Å². The molecule has 1 aromatic rings. The zero-order valence-electron chi connectivity index (χ0n) is 10.7. The summed E-state index contributed by atoms with van der Waals surface area (Å²) in [5, 5.41) is 1.73. The average molecular weight is 240 g/mol. The van der Waals surface area contributed by atoms with Crippen LogP contribution in [0, 0.1) is 12.8 Å². The molecule has 90 valence electrons. The minimum atomic E-state index is -1.90. The molecule has 0 aliphatic carbocycles. The molecule has 0 aromatic carbocycles. The molecular weight excluding hydrogens is 220 g/mol. The van der Waals surface area contributed by atoms with E-state index in [1.54, 1.807) is 17.9 Å². The van der Waals surface area contributed by atoms with Crippen LogP contribution in [0.25, 0.3) is 0 Å². The maximum absolute atomic E-state index is 11.7. The van der Waals surface area contributed by atoms with Crippen molar-refractivity contribution in [3.05, 3.63) is 23.3 Å². The van der Waals surface area contributed by atoms with Crippen LogP contribution in [0.5, 0.6) is 0 Å². The van der Waals surface area contributed by atoms with Crippen molar-refractivity contribution in [1.82, 2.24) is 9.97 Å². The van der Waals surface area contributed by atoms with Gasteiger partial charge < -0.3 is 0 Å². The molecule has 0 radical (unpaired) electrons. The standard InChI is InChI=1S/C12H20N2OS/c1-9(2)6-11-7-12(8-16(4,5)15)14-10(3)13-11/h7-9H,6H2,1-5H3. The van der Waals surface area contributed by atoms with Crippen molar-refractivity contribution in [2.24, 2.45) is 5.92 Å². The van der Waals surface area contributed by atoms with Crippen molar-refractivity contribution in [3.8, 4) is 0 Å². The first-order valence-electron chi connectivity index (χ1n) is 5.40. The van der Waals surface area contributed by atoms with Gasteiger partial charge in [0.1, 0.15) is 5.82 Å². The molecule has 0 bridgehead atoms. The molecule has 1 rings (SSSR count). The fourth-order valence-corrected chi connectivity index (χ4v) is 2.23. The Morgan fingerprint density at radius 2 is 2.00 bits per heavy atom. The predicted molar refractivity (Wildman–Crippen MR) is 70.5 cm³/mol. The number of aromatic nitrogens is 2. The van der Waals surface area contributed by atoms with Crippen LogP contribution in [0.3, 0.4) is 0 Å². The second-order valence-electron chi connectivity index (χ2n) is 4.86. The molecule has 1 heterocycles. The molecule has 3 nitrogen and oxygen atoms in total. The topological polar surface area (TPSA) is 42.9 Å². The average Bonchev–Trinajstić information content (AvgIpc) is 1.96.